The molecular formula is C35H32BrIN2O2. The highest BCUT2D eigenvalue weighted by atomic mass is 127. The van der Waals surface area contributed by atoms with E-state index in [1.807, 2.05) is 31.3 Å². The van der Waals surface area contributed by atoms with E-state index in [1.165, 1.54) is 22.4 Å². The molecule has 4 aromatic rings. The Bertz CT molecular complexity index is 1600. The first-order valence-electron chi connectivity index (χ1n) is 14.0. The van der Waals surface area contributed by atoms with E-state index in [4.69, 9.17) is 14.5 Å². The molecule has 4 nitrogen and oxygen atoms in total. The van der Waals surface area contributed by atoms with Gasteiger partial charge in [-0.15, -0.1) is 0 Å². The number of nitrogens with one attached hydrogen (secondary N) is 1. The van der Waals surface area contributed by atoms with Crippen LogP contribution in [0.5, 0.6) is 11.5 Å². The molecule has 1 heterocycles. The molecule has 2 aliphatic rings. The molecule has 1 aliphatic heterocycles. The molecule has 6 rings (SSSR count). The van der Waals surface area contributed by atoms with E-state index in [0.717, 1.165) is 42.8 Å². The fourth-order valence-corrected chi connectivity index (χ4v) is 6.81. The molecular weight excluding hydrogens is 687 g/mol. The number of anilines is 1. The van der Waals surface area contributed by atoms with E-state index >= 15 is 0 Å². The fourth-order valence-electron chi connectivity index (χ4n) is 5.76. The number of aryl methyl sites for hydroxylation is 1. The van der Waals surface area contributed by atoms with Crippen molar-refractivity contribution in [1.82, 2.24) is 0 Å². The standard InChI is InChI=1S/C35H32BrIN2O2/c1-3-40-33-19-24(18-31(37)35(33)41-21-23-8-12-26(36)13-9-23)20-38-27-14-10-25(11-15-27)34-29-6-4-5-28(29)30-17-22(2)7-16-32(30)39-34/h4-5,7-20,28-29,34,39H,3,6,21H2,1-2H3/t28-,29+,34-/m0/s1. The van der Waals surface area contributed by atoms with Crippen LogP contribution in [-0.4, -0.2) is 12.8 Å². The highest BCUT2D eigenvalue weighted by Crippen LogP contribution is 2.50. The Morgan fingerprint density at radius 2 is 1.80 bits per heavy atom. The molecule has 0 fully saturated rings. The predicted octanol–water partition coefficient (Wildman–Crippen LogP) is 9.92. The Labute approximate surface area is 264 Å². The van der Waals surface area contributed by atoms with Crippen LogP contribution >= 0.6 is 38.5 Å². The van der Waals surface area contributed by atoms with E-state index in [-0.39, 0.29) is 6.04 Å². The largest absolute Gasteiger partial charge is 0.490 e. The number of rotatable bonds is 8. The summed E-state index contributed by atoms with van der Waals surface area (Å²) in [5.41, 5.74) is 8.28. The Balaban J connectivity index is 1.17. The van der Waals surface area contributed by atoms with Crippen LogP contribution in [0.1, 0.15) is 53.1 Å². The molecule has 208 valence electrons. The van der Waals surface area contributed by atoms with Crippen molar-refractivity contribution >= 4 is 56.1 Å². The summed E-state index contributed by atoms with van der Waals surface area (Å²) < 4.78 is 14.2. The van der Waals surface area contributed by atoms with Gasteiger partial charge in [0.05, 0.1) is 21.9 Å². The lowest BCUT2D eigenvalue weighted by atomic mass is 9.76. The second-order valence-electron chi connectivity index (χ2n) is 10.6. The van der Waals surface area contributed by atoms with Crippen molar-refractivity contribution in [2.45, 2.75) is 38.8 Å². The van der Waals surface area contributed by atoms with Gasteiger partial charge in [-0.3, -0.25) is 4.99 Å². The third-order valence-corrected chi connectivity index (χ3v) is 9.09. The van der Waals surface area contributed by atoms with Gasteiger partial charge in [-0.05, 0) is 113 Å². The quantitative estimate of drug-likeness (QED) is 0.112. The van der Waals surface area contributed by atoms with Gasteiger partial charge >= 0.3 is 0 Å². The van der Waals surface area contributed by atoms with E-state index in [1.54, 1.807) is 0 Å². The lowest BCUT2D eigenvalue weighted by Gasteiger charge is -2.37. The molecule has 1 N–H and O–H groups in total. The van der Waals surface area contributed by atoms with Crippen molar-refractivity contribution in [3.8, 4) is 11.5 Å². The highest BCUT2D eigenvalue weighted by Gasteiger charge is 2.37. The zero-order valence-electron chi connectivity index (χ0n) is 23.1. The van der Waals surface area contributed by atoms with Crippen molar-refractivity contribution in [3.05, 3.63) is 127 Å². The summed E-state index contributed by atoms with van der Waals surface area (Å²) in [6.45, 7) is 5.19. The molecule has 6 heteroatoms. The number of aliphatic imine (C=N–C) groups is 1. The average Bonchev–Trinajstić information content (AvgIpc) is 3.47. The molecule has 0 spiro atoms. The third kappa shape index (κ3) is 6.24. The topological polar surface area (TPSA) is 42.8 Å². The summed E-state index contributed by atoms with van der Waals surface area (Å²) in [7, 11) is 0. The molecule has 0 saturated heterocycles. The number of nitrogens with zero attached hydrogens (tertiary/aromatic N) is 1. The van der Waals surface area contributed by atoms with Crippen LogP contribution < -0.4 is 14.8 Å². The highest BCUT2D eigenvalue weighted by molar-refractivity contribution is 14.1. The minimum Gasteiger partial charge on any atom is -0.490 e. The summed E-state index contributed by atoms with van der Waals surface area (Å²) in [6, 6.07) is 27.9. The Hall–Kier alpha value is -3.10. The van der Waals surface area contributed by atoms with Gasteiger partial charge < -0.3 is 14.8 Å². The van der Waals surface area contributed by atoms with E-state index < -0.39 is 0 Å². The molecule has 0 unspecified atom stereocenters. The van der Waals surface area contributed by atoms with Gasteiger partial charge in [0.2, 0.25) is 0 Å². The molecule has 1 aliphatic carbocycles. The van der Waals surface area contributed by atoms with Crippen LogP contribution in [0.25, 0.3) is 0 Å². The van der Waals surface area contributed by atoms with Crippen molar-refractivity contribution in [1.29, 1.82) is 0 Å². The van der Waals surface area contributed by atoms with Gasteiger partial charge in [-0.2, -0.15) is 0 Å². The first-order valence-corrected chi connectivity index (χ1v) is 15.9. The number of hydrogen-bond donors (Lipinski definition) is 1. The van der Waals surface area contributed by atoms with E-state index in [2.05, 4.69) is 124 Å². The number of hydrogen-bond acceptors (Lipinski definition) is 4. The average molecular weight is 719 g/mol. The van der Waals surface area contributed by atoms with E-state index in [0.29, 0.717) is 25.0 Å². The number of ether oxygens (including phenoxy) is 2. The van der Waals surface area contributed by atoms with Crippen molar-refractivity contribution < 1.29 is 9.47 Å². The normalized spacial score (nSPS) is 19.1. The Kier molecular flexibility index (Phi) is 8.49. The molecule has 4 aromatic carbocycles. The lowest BCUT2D eigenvalue weighted by Crippen LogP contribution is -2.29. The molecule has 0 amide bonds. The maximum atomic E-state index is 6.19. The van der Waals surface area contributed by atoms with Gasteiger partial charge in [0.15, 0.2) is 11.5 Å². The summed E-state index contributed by atoms with van der Waals surface area (Å²) in [6.07, 6.45) is 7.73. The lowest BCUT2D eigenvalue weighted by molar-refractivity contribution is 0.267. The number of fused-ring (bicyclic) bond motifs is 3. The van der Waals surface area contributed by atoms with Crippen molar-refractivity contribution in [3.63, 3.8) is 0 Å². The molecule has 0 radical (unpaired) electrons. The maximum Gasteiger partial charge on any atom is 0.175 e. The van der Waals surface area contributed by atoms with Gasteiger partial charge in [0.25, 0.3) is 0 Å². The van der Waals surface area contributed by atoms with Crippen LogP contribution in [0.3, 0.4) is 0 Å². The zero-order valence-corrected chi connectivity index (χ0v) is 26.9. The number of benzene rings is 4. The van der Waals surface area contributed by atoms with Crippen LogP contribution in [0.15, 0.2) is 100 Å². The predicted molar refractivity (Wildman–Crippen MR) is 180 cm³/mol. The van der Waals surface area contributed by atoms with E-state index in [9.17, 15) is 0 Å². The molecule has 0 aromatic heterocycles. The van der Waals surface area contributed by atoms with Crippen molar-refractivity contribution in [2.24, 2.45) is 10.9 Å². The Morgan fingerprint density at radius 3 is 2.59 bits per heavy atom. The van der Waals surface area contributed by atoms with Crippen molar-refractivity contribution in [2.75, 3.05) is 11.9 Å². The molecule has 41 heavy (non-hydrogen) atoms. The van der Waals surface area contributed by atoms with Gasteiger partial charge in [-0.1, -0.05) is 70.0 Å². The Morgan fingerprint density at radius 1 is 1.00 bits per heavy atom. The summed E-state index contributed by atoms with van der Waals surface area (Å²) in [5, 5.41) is 3.83. The first-order chi connectivity index (χ1) is 20.0. The van der Waals surface area contributed by atoms with Crippen LogP contribution in [-0.2, 0) is 6.61 Å². The molecule has 0 saturated carbocycles. The fraction of sp³-hybridized carbons (Fsp3) is 0.229. The maximum absolute atomic E-state index is 6.19. The smallest absolute Gasteiger partial charge is 0.175 e. The third-order valence-electron chi connectivity index (χ3n) is 7.76. The van der Waals surface area contributed by atoms with Crippen LogP contribution in [0, 0.1) is 16.4 Å². The first kappa shape index (κ1) is 28.0. The van der Waals surface area contributed by atoms with Gasteiger partial charge in [0.1, 0.15) is 6.61 Å². The SMILES string of the molecule is CCOc1cc(C=Nc2ccc([C@@H]3Nc4ccc(C)cc4[C@H]4C=CC[C@H]43)cc2)cc(I)c1OCc1ccc(Br)cc1. The summed E-state index contributed by atoms with van der Waals surface area (Å²) in [5.74, 6) is 2.49. The minimum absolute atomic E-state index is 0.281. The molecule has 3 atom stereocenters. The van der Waals surface area contributed by atoms with Gasteiger partial charge in [0, 0.05) is 22.3 Å². The minimum atomic E-state index is 0.281. The second kappa shape index (κ2) is 12.4. The van der Waals surface area contributed by atoms with Crippen LogP contribution in [0.4, 0.5) is 11.4 Å². The summed E-state index contributed by atoms with van der Waals surface area (Å²) in [4.78, 5) is 4.79. The number of allylic oxidation sites excluding steroid dienone is 2. The second-order valence-corrected chi connectivity index (χ2v) is 12.7. The summed E-state index contributed by atoms with van der Waals surface area (Å²) >= 11 is 5.79. The zero-order chi connectivity index (χ0) is 28.3. The number of halogens is 2. The van der Waals surface area contributed by atoms with Crippen LogP contribution in [0.2, 0.25) is 0 Å². The molecule has 0 bridgehead atoms. The van der Waals surface area contributed by atoms with Gasteiger partial charge in [-0.25, -0.2) is 0 Å². The monoisotopic (exact) mass is 718 g/mol.